The van der Waals surface area contributed by atoms with E-state index in [1.165, 1.54) is 17.0 Å². The molecule has 0 unspecified atom stereocenters. The van der Waals surface area contributed by atoms with Gasteiger partial charge >= 0.3 is 0 Å². The van der Waals surface area contributed by atoms with Crippen LogP contribution in [0.5, 0.6) is 0 Å². The van der Waals surface area contributed by atoms with Crippen molar-refractivity contribution in [2.75, 3.05) is 13.1 Å². The van der Waals surface area contributed by atoms with Crippen LogP contribution in [-0.2, 0) is 11.3 Å². The van der Waals surface area contributed by atoms with Crippen molar-refractivity contribution < 1.29 is 13.6 Å². The number of fused-ring (bicyclic) bond motifs is 1. The van der Waals surface area contributed by atoms with E-state index in [1.807, 2.05) is 6.07 Å². The van der Waals surface area contributed by atoms with Crippen LogP contribution in [0.2, 0.25) is 0 Å². The number of pyridine rings is 1. The number of nitrogens with zero attached hydrogens (tertiary/aromatic N) is 4. The molecule has 5 nitrogen and oxygen atoms in total. The number of carbonyl (C=O) groups excluding carboxylic acids is 1. The normalized spacial score (nSPS) is 14.8. The van der Waals surface area contributed by atoms with Gasteiger partial charge in [-0.1, -0.05) is 12.1 Å². The topological polar surface area (TPSA) is 51.0 Å². The molecule has 1 aliphatic rings. The number of rotatable bonds is 3. The van der Waals surface area contributed by atoms with E-state index in [4.69, 9.17) is 0 Å². The van der Waals surface area contributed by atoms with E-state index in [9.17, 15) is 13.6 Å². The average molecular weight is 328 g/mol. The molecule has 1 saturated heterocycles. The summed E-state index contributed by atoms with van der Waals surface area (Å²) in [5.74, 6) is -0.467. The number of alkyl halides is 1. The Labute approximate surface area is 136 Å². The zero-order valence-corrected chi connectivity index (χ0v) is 12.7. The number of carbonyl (C=O) groups is 1. The highest BCUT2D eigenvalue weighted by Gasteiger charge is 2.30. The fraction of sp³-hybridized carbons (Fsp3) is 0.235. The maximum atomic E-state index is 13.1. The second-order valence-electron chi connectivity index (χ2n) is 5.83. The molecule has 0 saturated carbocycles. The Bertz CT molecular complexity index is 901. The zero-order chi connectivity index (χ0) is 16.7. The first-order valence-corrected chi connectivity index (χ1v) is 7.59. The SMILES string of the molecule is O=C(Cn1ncc2ncc(-c3ccc(F)cc3)cc21)N1CC(F)C1. The molecular formula is C17H14F2N4O. The summed E-state index contributed by atoms with van der Waals surface area (Å²) in [5, 5.41) is 4.20. The van der Waals surface area contributed by atoms with E-state index < -0.39 is 6.17 Å². The standard InChI is InChI=1S/C17H14F2N4O/c18-13-3-1-11(2-4-13)12-5-16-15(20-6-12)7-21-23(16)10-17(24)22-8-14(19)9-22/h1-7,14H,8-10H2. The molecule has 0 aliphatic carbocycles. The van der Waals surface area contributed by atoms with Crippen LogP contribution in [0.4, 0.5) is 8.78 Å². The first-order chi connectivity index (χ1) is 11.6. The van der Waals surface area contributed by atoms with Gasteiger partial charge in [0.2, 0.25) is 5.91 Å². The van der Waals surface area contributed by atoms with Crippen molar-refractivity contribution in [2.24, 2.45) is 0 Å². The zero-order valence-electron chi connectivity index (χ0n) is 12.7. The van der Waals surface area contributed by atoms with Gasteiger partial charge in [0.25, 0.3) is 0 Å². The summed E-state index contributed by atoms with van der Waals surface area (Å²) in [6.45, 7) is 0.346. The minimum Gasteiger partial charge on any atom is -0.335 e. The van der Waals surface area contributed by atoms with Crippen molar-refractivity contribution in [3.8, 4) is 11.1 Å². The summed E-state index contributed by atoms with van der Waals surface area (Å²) in [5.41, 5.74) is 3.01. The summed E-state index contributed by atoms with van der Waals surface area (Å²) < 4.78 is 27.5. The molecule has 0 bridgehead atoms. The Morgan fingerprint density at radius 1 is 1.17 bits per heavy atom. The summed E-state index contributed by atoms with van der Waals surface area (Å²) in [4.78, 5) is 17.9. The molecule has 3 aromatic rings. The smallest absolute Gasteiger partial charge is 0.244 e. The lowest BCUT2D eigenvalue weighted by Gasteiger charge is -2.34. The molecule has 2 aromatic heterocycles. The second-order valence-corrected chi connectivity index (χ2v) is 5.83. The molecule has 4 rings (SSSR count). The molecular weight excluding hydrogens is 314 g/mol. The number of benzene rings is 1. The monoisotopic (exact) mass is 328 g/mol. The maximum Gasteiger partial charge on any atom is 0.244 e. The lowest BCUT2D eigenvalue weighted by Crippen LogP contribution is -2.52. The van der Waals surface area contributed by atoms with Gasteiger partial charge in [-0.25, -0.2) is 8.78 Å². The van der Waals surface area contributed by atoms with Crippen molar-refractivity contribution in [3.63, 3.8) is 0 Å². The van der Waals surface area contributed by atoms with Crippen LogP contribution in [0, 0.1) is 5.82 Å². The molecule has 0 spiro atoms. The number of hydrogen-bond acceptors (Lipinski definition) is 3. The first-order valence-electron chi connectivity index (χ1n) is 7.59. The molecule has 1 fully saturated rings. The van der Waals surface area contributed by atoms with Crippen molar-refractivity contribution in [3.05, 3.63) is 48.5 Å². The third-order valence-electron chi connectivity index (χ3n) is 4.15. The van der Waals surface area contributed by atoms with Gasteiger partial charge in [-0.2, -0.15) is 5.10 Å². The number of hydrogen-bond donors (Lipinski definition) is 0. The first kappa shape index (κ1) is 14.7. The third kappa shape index (κ3) is 2.62. The van der Waals surface area contributed by atoms with E-state index >= 15 is 0 Å². The number of halogens is 2. The molecule has 1 aromatic carbocycles. The third-order valence-corrected chi connectivity index (χ3v) is 4.15. The lowest BCUT2D eigenvalue weighted by molar-refractivity contribution is -0.139. The number of amides is 1. The Kier molecular flexibility index (Phi) is 3.48. The maximum absolute atomic E-state index is 13.1. The highest BCUT2D eigenvalue weighted by atomic mass is 19.1. The van der Waals surface area contributed by atoms with E-state index in [0.29, 0.717) is 11.0 Å². The Hall–Kier alpha value is -2.83. The molecule has 7 heteroatoms. The summed E-state index contributed by atoms with van der Waals surface area (Å²) in [6, 6.07) is 7.98. The lowest BCUT2D eigenvalue weighted by atomic mass is 10.1. The molecule has 0 atom stereocenters. The van der Waals surface area contributed by atoms with Crippen LogP contribution in [0.3, 0.4) is 0 Å². The minimum atomic E-state index is -0.921. The van der Waals surface area contributed by atoms with Crippen LogP contribution >= 0.6 is 0 Å². The van der Waals surface area contributed by atoms with Crippen LogP contribution in [0.1, 0.15) is 0 Å². The number of likely N-dealkylation sites (tertiary alicyclic amines) is 1. The summed E-state index contributed by atoms with van der Waals surface area (Å²) >= 11 is 0. The van der Waals surface area contributed by atoms with Crippen LogP contribution in [0.15, 0.2) is 42.7 Å². The highest BCUT2D eigenvalue weighted by Crippen LogP contribution is 2.23. The number of aromatic nitrogens is 3. The molecule has 122 valence electrons. The van der Waals surface area contributed by atoms with Crippen molar-refractivity contribution in [2.45, 2.75) is 12.7 Å². The Balaban J connectivity index is 1.63. The van der Waals surface area contributed by atoms with E-state index in [0.717, 1.165) is 11.1 Å². The van der Waals surface area contributed by atoms with Crippen LogP contribution < -0.4 is 0 Å². The molecule has 0 N–H and O–H groups in total. The van der Waals surface area contributed by atoms with Crippen molar-refractivity contribution in [1.29, 1.82) is 0 Å². The van der Waals surface area contributed by atoms with E-state index in [-0.39, 0.29) is 31.4 Å². The van der Waals surface area contributed by atoms with Gasteiger partial charge < -0.3 is 4.90 Å². The highest BCUT2D eigenvalue weighted by molar-refractivity contribution is 5.83. The van der Waals surface area contributed by atoms with E-state index in [1.54, 1.807) is 29.2 Å². The largest absolute Gasteiger partial charge is 0.335 e. The van der Waals surface area contributed by atoms with Gasteiger partial charge in [-0.15, -0.1) is 0 Å². The Morgan fingerprint density at radius 3 is 2.62 bits per heavy atom. The predicted molar refractivity (Wildman–Crippen MR) is 84.4 cm³/mol. The van der Waals surface area contributed by atoms with Gasteiger partial charge in [0.05, 0.1) is 24.8 Å². The van der Waals surface area contributed by atoms with Crippen molar-refractivity contribution >= 4 is 16.9 Å². The molecule has 3 heterocycles. The minimum absolute atomic E-state index is 0.0464. The quantitative estimate of drug-likeness (QED) is 0.742. The van der Waals surface area contributed by atoms with Gasteiger partial charge in [0, 0.05) is 11.8 Å². The van der Waals surface area contributed by atoms with Crippen molar-refractivity contribution in [1.82, 2.24) is 19.7 Å². The second kappa shape index (κ2) is 5.67. The molecule has 1 aliphatic heterocycles. The van der Waals surface area contributed by atoms with Gasteiger partial charge in [-0.05, 0) is 23.8 Å². The van der Waals surface area contributed by atoms with Crippen LogP contribution in [0.25, 0.3) is 22.2 Å². The van der Waals surface area contributed by atoms with Gasteiger partial charge in [0.1, 0.15) is 24.1 Å². The molecule has 1 amide bonds. The average Bonchev–Trinajstić information content (AvgIpc) is 2.95. The van der Waals surface area contributed by atoms with Crippen LogP contribution in [-0.4, -0.2) is 44.8 Å². The predicted octanol–water partition coefficient (Wildman–Crippen LogP) is 2.42. The summed E-state index contributed by atoms with van der Waals surface area (Å²) in [7, 11) is 0. The fourth-order valence-electron chi connectivity index (χ4n) is 2.74. The van der Waals surface area contributed by atoms with Gasteiger partial charge in [-0.3, -0.25) is 14.5 Å². The molecule has 24 heavy (non-hydrogen) atoms. The van der Waals surface area contributed by atoms with Gasteiger partial charge in [0.15, 0.2) is 0 Å². The molecule has 0 radical (unpaired) electrons. The Morgan fingerprint density at radius 2 is 1.92 bits per heavy atom. The fourth-order valence-corrected chi connectivity index (χ4v) is 2.74. The van der Waals surface area contributed by atoms with E-state index in [2.05, 4.69) is 10.1 Å². The summed E-state index contributed by atoms with van der Waals surface area (Å²) in [6.07, 6.45) is 2.35.